The summed E-state index contributed by atoms with van der Waals surface area (Å²) in [6.07, 6.45) is 3.51. The van der Waals surface area contributed by atoms with Crippen LogP contribution < -0.4 is 10.9 Å². The van der Waals surface area contributed by atoms with E-state index in [2.05, 4.69) is 28.8 Å². The zero-order valence-corrected chi connectivity index (χ0v) is 17.8. The standard InChI is InChI=1S/C22H24FN3O3S/c1-4-6-11-30-22-25-19-18(20(27)26-22)17(14-8-7-9-15(23)12-14)16(13(3)24-19)21(28)29-10-5-2/h5,7-9,12,17H,2,4,6,10-11H2,1,3H3,(H2,24,25,26,27)/t17-/m1/s1. The number of aromatic amines is 1. The highest BCUT2D eigenvalue weighted by Gasteiger charge is 2.36. The molecule has 6 nitrogen and oxygen atoms in total. The summed E-state index contributed by atoms with van der Waals surface area (Å²) in [4.78, 5) is 33.2. The van der Waals surface area contributed by atoms with Gasteiger partial charge in [0.1, 0.15) is 18.2 Å². The number of hydrogen-bond donors (Lipinski definition) is 2. The lowest BCUT2D eigenvalue weighted by Gasteiger charge is -2.28. The Morgan fingerprint density at radius 1 is 1.43 bits per heavy atom. The van der Waals surface area contributed by atoms with Gasteiger partial charge in [-0.25, -0.2) is 14.2 Å². The van der Waals surface area contributed by atoms with E-state index < -0.39 is 17.7 Å². The number of aromatic nitrogens is 2. The van der Waals surface area contributed by atoms with Crippen molar-refractivity contribution in [2.75, 3.05) is 17.7 Å². The smallest absolute Gasteiger partial charge is 0.337 e. The predicted octanol–water partition coefficient (Wildman–Crippen LogP) is 4.36. The number of anilines is 1. The van der Waals surface area contributed by atoms with Gasteiger partial charge in [0.2, 0.25) is 0 Å². The number of carbonyl (C=O) groups excluding carboxylic acids is 1. The number of carbonyl (C=O) groups is 1. The largest absolute Gasteiger partial charge is 0.458 e. The summed E-state index contributed by atoms with van der Waals surface area (Å²) in [6.45, 7) is 7.39. The number of rotatable bonds is 8. The second-order valence-electron chi connectivity index (χ2n) is 6.87. The molecule has 2 aromatic rings. The number of benzene rings is 1. The van der Waals surface area contributed by atoms with Crippen LogP contribution in [0.1, 0.15) is 43.7 Å². The zero-order valence-electron chi connectivity index (χ0n) is 17.0. The maximum Gasteiger partial charge on any atom is 0.337 e. The molecule has 0 fully saturated rings. The molecule has 1 atom stereocenters. The number of ether oxygens (including phenoxy) is 1. The number of thioether (sulfide) groups is 1. The second kappa shape index (κ2) is 9.75. The van der Waals surface area contributed by atoms with Crippen molar-refractivity contribution in [1.82, 2.24) is 9.97 Å². The second-order valence-corrected chi connectivity index (χ2v) is 7.96. The number of fused-ring (bicyclic) bond motifs is 1. The molecule has 0 radical (unpaired) electrons. The van der Waals surface area contributed by atoms with E-state index in [0.717, 1.165) is 18.6 Å². The molecule has 0 bridgehead atoms. The molecular weight excluding hydrogens is 405 g/mol. The van der Waals surface area contributed by atoms with Gasteiger partial charge in [-0.05, 0) is 31.0 Å². The van der Waals surface area contributed by atoms with Crippen molar-refractivity contribution >= 4 is 23.5 Å². The van der Waals surface area contributed by atoms with Gasteiger partial charge in [-0.2, -0.15) is 0 Å². The van der Waals surface area contributed by atoms with E-state index in [0.29, 0.717) is 22.2 Å². The summed E-state index contributed by atoms with van der Waals surface area (Å²) >= 11 is 1.47. The fraction of sp³-hybridized carbons (Fsp3) is 0.318. The van der Waals surface area contributed by atoms with E-state index in [-0.39, 0.29) is 23.3 Å². The highest BCUT2D eigenvalue weighted by molar-refractivity contribution is 7.99. The maximum atomic E-state index is 14.0. The molecule has 2 N–H and O–H groups in total. The normalized spacial score (nSPS) is 15.4. The molecule has 30 heavy (non-hydrogen) atoms. The summed E-state index contributed by atoms with van der Waals surface area (Å²) in [7, 11) is 0. The van der Waals surface area contributed by atoms with Gasteiger partial charge in [-0.1, -0.05) is 49.9 Å². The number of nitrogens with one attached hydrogen (secondary N) is 2. The van der Waals surface area contributed by atoms with Crippen molar-refractivity contribution in [2.45, 2.75) is 37.8 Å². The molecule has 0 amide bonds. The monoisotopic (exact) mass is 429 g/mol. The van der Waals surface area contributed by atoms with Crippen LogP contribution >= 0.6 is 11.8 Å². The van der Waals surface area contributed by atoms with E-state index in [1.807, 2.05) is 0 Å². The molecule has 0 aliphatic carbocycles. The molecule has 0 saturated carbocycles. The van der Waals surface area contributed by atoms with Gasteiger partial charge < -0.3 is 15.0 Å². The molecule has 0 saturated heterocycles. The minimum atomic E-state index is -0.805. The highest BCUT2D eigenvalue weighted by atomic mass is 32.2. The van der Waals surface area contributed by atoms with Gasteiger partial charge in [-0.15, -0.1) is 0 Å². The zero-order chi connectivity index (χ0) is 21.7. The third-order valence-corrected chi connectivity index (χ3v) is 5.65. The minimum Gasteiger partial charge on any atom is -0.458 e. The lowest BCUT2D eigenvalue weighted by Crippen LogP contribution is -2.31. The maximum absolute atomic E-state index is 14.0. The topological polar surface area (TPSA) is 84.1 Å². The van der Waals surface area contributed by atoms with Crippen LogP contribution in [-0.4, -0.2) is 28.3 Å². The predicted molar refractivity (Wildman–Crippen MR) is 116 cm³/mol. The molecule has 1 aromatic heterocycles. The Labute approximate surface area is 178 Å². The number of unbranched alkanes of at least 4 members (excludes halogenated alkanes) is 1. The Balaban J connectivity index is 2.12. The quantitative estimate of drug-likeness (QED) is 0.213. The van der Waals surface area contributed by atoms with Crippen molar-refractivity contribution < 1.29 is 13.9 Å². The van der Waals surface area contributed by atoms with Gasteiger partial charge >= 0.3 is 5.97 Å². The van der Waals surface area contributed by atoms with Crippen LogP contribution in [0.2, 0.25) is 0 Å². The van der Waals surface area contributed by atoms with Crippen LogP contribution in [0.4, 0.5) is 10.2 Å². The van der Waals surface area contributed by atoms with Crippen LogP contribution in [0.3, 0.4) is 0 Å². The van der Waals surface area contributed by atoms with E-state index in [4.69, 9.17) is 4.74 Å². The first-order chi connectivity index (χ1) is 14.5. The molecule has 1 aliphatic heterocycles. The molecule has 0 spiro atoms. The van der Waals surface area contributed by atoms with Crippen LogP contribution in [0.5, 0.6) is 0 Å². The van der Waals surface area contributed by atoms with E-state index in [9.17, 15) is 14.0 Å². The summed E-state index contributed by atoms with van der Waals surface area (Å²) < 4.78 is 19.2. The van der Waals surface area contributed by atoms with E-state index in [1.165, 1.54) is 30.0 Å². The Morgan fingerprint density at radius 3 is 2.93 bits per heavy atom. The number of H-pyrrole nitrogens is 1. The number of hydrogen-bond acceptors (Lipinski definition) is 6. The molecular formula is C22H24FN3O3S. The average Bonchev–Trinajstić information content (AvgIpc) is 2.71. The summed E-state index contributed by atoms with van der Waals surface area (Å²) in [5, 5.41) is 3.57. The molecule has 8 heteroatoms. The Kier molecular flexibility index (Phi) is 7.10. The number of halogens is 1. The molecule has 2 heterocycles. The minimum absolute atomic E-state index is 0.0277. The summed E-state index contributed by atoms with van der Waals surface area (Å²) in [5.41, 5.74) is 1.11. The van der Waals surface area contributed by atoms with Gasteiger partial charge in [0.05, 0.1) is 17.1 Å². The van der Waals surface area contributed by atoms with E-state index in [1.54, 1.807) is 19.1 Å². The van der Waals surface area contributed by atoms with Crippen LogP contribution in [0, 0.1) is 5.82 Å². The van der Waals surface area contributed by atoms with Crippen molar-refractivity contribution in [1.29, 1.82) is 0 Å². The van der Waals surface area contributed by atoms with Crippen molar-refractivity contribution in [3.8, 4) is 0 Å². The third-order valence-electron chi connectivity index (χ3n) is 4.69. The first-order valence-electron chi connectivity index (χ1n) is 9.74. The molecule has 0 unspecified atom stereocenters. The number of allylic oxidation sites excluding steroid dienone is 1. The van der Waals surface area contributed by atoms with Crippen molar-refractivity contribution in [3.63, 3.8) is 0 Å². The first kappa shape index (κ1) is 21.8. The van der Waals surface area contributed by atoms with Gasteiger partial charge in [0.15, 0.2) is 5.16 Å². The number of esters is 1. The van der Waals surface area contributed by atoms with Gasteiger partial charge in [0.25, 0.3) is 5.56 Å². The fourth-order valence-corrected chi connectivity index (χ4v) is 4.26. The fourth-order valence-electron chi connectivity index (χ4n) is 3.31. The van der Waals surface area contributed by atoms with Crippen molar-refractivity contribution in [3.05, 3.63) is 75.5 Å². The van der Waals surface area contributed by atoms with Crippen LogP contribution in [-0.2, 0) is 9.53 Å². The Morgan fingerprint density at radius 2 is 2.23 bits per heavy atom. The lowest BCUT2D eigenvalue weighted by molar-refractivity contribution is -0.138. The summed E-state index contributed by atoms with van der Waals surface area (Å²) in [5.74, 6) is -0.662. The molecule has 1 aliphatic rings. The highest BCUT2D eigenvalue weighted by Crippen LogP contribution is 2.40. The first-order valence-corrected chi connectivity index (χ1v) is 10.7. The van der Waals surface area contributed by atoms with Crippen LogP contribution in [0.15, 0.2) is 58.1 Å². The summed E-state index contributed by atoms with van der Waals surface area (Å²) in [6, 6.07) is 5.86. The average molecular weight is 430 g/mol. The lowest BCUT2D eigenvalue weighted by atomic mass is 9.82. The third kappa shape index (κ3) is 4.64. The SMILES string of the molecule is C=CCOC(=O)C1=C(C)Nc2nc(SCCCC)[nH]c(=O)c2[C@@H]1c1cccc(F)c1. The Bertz CT molecular complexity index is 1050. The van der Waals surface area contributed by atoms with Gasteiger partial charge in [-0.3, -0.25) is 4.79 Å². The number of nitrogens with zero attached hydrogens (tertiary/aromatic N) is 1. The molecule has 3 rings (SSSR count). The van der Waals surface area contributed by atoms with Crippen LogP contribution in [0.25, 0.3) is 0 Å². The van der Waals surface area contributed by atoms with Gasteiger partial charge in [0, 0.05) is 11.4 Å². The van der Waals surface area contributed by atoms with Crippen molar-refractivity contribution in [2.24, 2.45) is 0 Å². The Hall–Kier alpha value is -2.87. The van der Waals surface area contributed by atoms with E-state index >= 15 is 0 Å². The molecule has 1 aromatic carbocycles. The molecule has 158 valence electrons.